The van der Waals surface area contributed by atoms with Gasteiger partial charge in [-0.05, 0) is 199 Å². The third kappa shape index (κ3) is 16.1. The first-order valence-corrected chi connectivity index (χ1v) is 77.9. The Kier molecular flexibility index (Phi) is 23.4. The zero-order chi connectivity index (χ0) is 97.1. The molecule has 0 bridgehead atoms. The molecule has 4 nitrogen and oxygen atoms in total. The van der Waals surface area contributed by atoms with E-state index in [2.05, 4.69) is 553 Å². The number of benzene rings is 18. The number of hydrogen-bond donors (Lipinski definition) is 0. The zero-order valence-corrected chi connectivity index (χ0v) is 93.6. The van der Waals surface area contributed by atoms with Crippen LogP contribution in [0.1, 0.15) is 33.4 Å². The molecule has 690 valence electrons. The quantitative estimate of drug-likeness (QED) is 0.0592. The van der Waals surface area contributed by atoms with Crippen LogP contribution in [0.4, 0.5) is 68.2 Å². The van der Waals surface area contributed by atoms with Gasteiger partial charge in [0, 0.05) is 67.0 Å². The Hall–Kier alpha value is -12.1. The van der Waals surface area contributed by atoms with Crippen LogP contribution >= 0.6 is 0 Å². The van der Waals surface area contributed by atoms with Gasteiger partial charge in [0.15, 0.2) is 0 Å². The fraction of sp³-hybridized carbons (Fsp3) is 0.206. The van der Waals surface area contributed by atoms with Crippen LogP contribution in [0.5, 0.6) is 0 Å². The van der Waals surface area contributed by atoms with Crippen molar-refractivity contribution in [1.29, 1.82) is 0 Å². The SMILES string of the molecule is C[Si](C)(C)c1ccc(N(c2ccc([Si](C)(C)C)cc2)c2cc3c(c4ccccc24)-c2c(cc(N(c4ccc([Si](C)(C)C)cc4)c4ccc([Si](C)(C)C)cc4)c4ccccc24)C3(c2ccccc2)C2(c3ccccc3)c3cc(N(c4ccc([Si](C)(C)C)cc4)c4ccc([Si](C)(C)C)cc4)c4ccccc4c3-c3c2cc(N(c2ccc([Si](C)(C)C)cc2)c2ccc([Si](C)(C)C)cc2)c2ccccc32)cc1. The summed E-state index contributed by atoms with van der Waals surface area (Å²) in [6.45, 7) is 59.5. The standard InChI is InChI=1S/C126H134N4Si8/c1-131(2,3)97-67-51-89(52-68-97)127(90-53-69-98(70-54-90)132(4,5)6)117-83-113-121(109-47-35-31-43-105(109)117)122-110-48-36-32-44-106(110)118(128(91-55-71-99(72-56-91)133(7,8)9)92-57-73-100(74-58-92)134(10,11)12)84-114(122)125(113,87-39-27-25-28-40-87)126(88-41-29-26-30-42-88)115-85-119(129(93-59-75-101(76-60-93)135(13,14)15)94-61-77-102(78-62-94)136(16,17)18)107-45-33-37-49-111(107)123(115)124-112-50-38-34-46-108(112)120(86-116(124)126)130(95-63-79-103(80-64-95)137(19,20)21)96-65-81-104(82-66-96)138(22,23)24/h25-86H,1-24H3. The van der Waals surface area contributed by atoms with Gasteiger partial charge in [-0.1, -0.05) is 453 Å². The molecule has 0 heterocycles. The van der Waals surface area contributed by atoms with Gasteiger partial charge in [0.1, 0.15) is 0 Å². The molecule has 0 aliphatic heterocycles. The fourth-order valence-electron chi connectivity index (χ4n) is 22.5. The van der Waals surface area contributed by atoms with E-state index >= 15 is 0 Å². The first-order valence-electron chi connectivity index (χ1n) is 49.9. The fourth-order valence-corrected chi connectivity index (χ4v) is 31.9. The monoisotopic (exact) mass is 1930 g/mol. The van der Waals surface area contributed by atoms with E-state index in [1.807, 2.05) is 0 Å². The molecule has 0 saturated heterocycles. The number of rotatable bonds is 23. The molecule has 0 amide bonds. The maximum atomic E-state index is 2.77. The number of anilines is 12. The summed E-state index contributed by atoms with van der Waals surface area (Å²) < 4.78 is 0. The van der Waals surface area contributed by atoms with Crippen molar-refractivity contribution in [2.24, 2.45) is 0 Å². The molecule has 20 rings (SSSR count). The lowest BCUT2D eigenvalue weighted by molar-refractivity contribution is 0.438. The number of nitrogens with zero attached hydrogens (tertiary/aromatic N) is 4. The summed E-state index contributed by atoms with van der Waals surface area (Å²) in [5.74, 6) is 0. The van der Waals surface area contributed by atoms with Crippen molar-refractivity contribution in [1.82, 2.24) is 0 Å². The van der Waals surface area contributed by atoms with Gasteiger partial charge < -0.3 is 19.6 Å². The topological polar surface area (TPSA) is 13.0 Å². The molecule has 0 aromatic heterocycles. The summed E-state index contributed by atoms with van der Waals surface area (Å²) in [5, 5.41) is 20.8. The summed E-state index contributed by atoms with van der Waals surface area (Å²) in [6.07, 6.45) is 0. The van der Waals surface area contributed by atoms with E-state index in [9.17, 15) is 0 Å². The highest BCUT2D eigenvalue weighted by atomic mass is 28.3. The molecule has 0 fully saturated rings. The molecule has 138 heavy (non-hydrogen) atoms. The Morgan fingerprint density at radius 2 is 0.275 bits per heavy atom. The first kappa shape index (κ1) is 93.6. The summed E-state index contributed by atoms with van der Waals surface area (Å²) in [5.41, 5.74) is 22.9. The van der Waals surface area contributed by atoms with Gasteiger partial charge in [0.05, 0.1) is 98.2 Å². The lowest BCUT2D eigenvalue weighted by Crippen LogP contribution is -2.50. The average Bonchev–Trinajstić information content (AvgIpc) is 1.46. The molecule has 18 aromatic carbocycles. The molecule has 0 spiro atoms. The van der Waals surface area contributed by atoms with E-state index in [0.717, 1.165) is 68.2 Å². The highest BCUT2D eigenvalue weighted by molar-refractivity contribution is 6.92. The molecular formula is C126H134N4Si8. The highest BCUT2D eigenvalue weighted by Crippen LogP contribution is 2.74. The van der Waals surface area contributed by atoms with Gasteiger partial charge in [0.25, 0.3) is 0 Å². The van der Waals surface area contributed by atoms with Crippen LogP contribution in [-0.4, -0.2) is 64.6 Å². The second-order valence-corrected chi connectivity index (χ2v) is 88.0. The van der Waals surface area contributed by atoms with Crippen LogP contribution in [0, 0.1) is 0 Å². The first-order chi connectivity index (χ1) is 65.5. The van der Waals surface area contributed by atoms with Crippen molar-refractivity contribution < 1.29 is 0 Å². The van der Waals surface area contributed by atoms with Gasteiger partial charge >= 0.3 is 0 Å². The Labute approximate surface area is 829 Å². The summed E-state index contributed by atoms with van der Waals surface area (Å²) in [4.78, 5) is 10.6. The zero-order valence-electron chi connectivity index (χ0n) is 85.6. The van der Waals surface area contributed by atoms with Crippen LogP contribution in [0.25, 0.3) is 65.3 Å². The van der Waals surface area contributed by atoms with Gasteiger partial charge in [-0.15, -0.1) is 0 Å². The third-order valence-corrected chi connectivity index (χ3v) is 46.6. The molecule has 18 aromatic rings. The lowest BCUT2D eigenvalue weighted by atomic mass is 9.49. The molecule has 0 unspecified atom stereocenters. The van der Waals surface area contributed by atoms with Gasteiger partial charge in [0.2, 0.25) is 0 Å². The summed E-state index contributed by atoms with van der Waals surface area (Å²) in [7, 11) is -14.6. The van der Waals surface area contributed by atoms with Crippen LogP contribution in [-0.2, 0) is 10.8 Å². The van der Waals surface area contributed by atoms with Crippen LogP contribution in [0.15, 0.2) is 376 Å². The Bertz CT molecular complexity index is 6590. The number of fused-ring (bicyclic) bond motifs is 14. The molecule has 2 aliphatic carbocycles. The predicted octanol–water partition coefficient (Wildman–Crippen LogP) is 31.9. The Morgan fingerprint density at radius 3 is 0.413 bits per heavy atom. The van der Waals surface area contributed by atoms with E-state index in [-0.39, 0.29) is 0 Å². The van der Waals surface area contributed by atoms with E-state index in [1.54, 1.807) is 0 Å². The molecule has 12 heteroatoms. The molecular weight excluding hydrogens is 1790 g/mol. The molecule has 0 N–H and O–H groups in total. The van der Waals surface area contributed by atoms with Crippen molar-refractivity contribution >= 4 is 217 Å². The van der Waals surface area contributed by atoms with E-state index < -0.39 is 75.4 Å². The van der Waals surface area contributed by atoms with Crippen molar-refractivity contribution in [2.75, 3.05) is 19.6 Å². The van der Waals surface area contributed by atoms with Gasteiger partial charge in [-0.25, -0.2) is 0 Å². The number of hydrogen-bond acceptors (Lipinski definition) is 4. The van der Waals surface area contributed by atoms with E-state index in [4.69, 9.17) is 0 Å². The lowest BCUT2D eigenvalue weighted by Gasteiger charge is -2.51. The molecule has 0 saturated carbocycles. The molecule has 2 aliphatic rings. The van der Waals surface area contributed by atoms with Crippen molar-refractivity contribution in [3.63, 3.8) is 0 Å². The normalized spacial score (nSPS) is 13.8. The smallest absolute Gasteiger partial charge is 0.0775 e. The van der Waals surface area contributed by atoms with E-state index in [1.165, 1.54) is 140 Å². The largest absolute Gasteiger partial charge is 0.310 e. The molecule has 0 atom stereocenters. The van der Waals surface area contributed by atoms with Gasteiger partial charge in [-0.3, -0.25) is 0 Å². The third-order valence-electron chi connectivity index (χ3n) is 30.1. The molecule has 0 radical (unpaired) electrons. The average molecular weight is 1930 g/mol. The Balaban J connectivity index is 1.06. The summed E-state index contributed by atoms with van der Waals surface area (Å²) in [6, 6.07) is 152. The van der Waals surface area contributed by atoms with Crippen molar-refractivity contribution in [3.05, 3.63) is 409 Å². The van der Waals surface area contributed by atoms with Crippen LogP contribution in [0.2, 0.25) is 157 Å². The van der Waals surface area contributed by atoms with Crippen LogP contribution in [0.3, 0.4) is 0 Å². The van der Waals surface area contributed by atoms with Crippen molar-refractivity contribution in [2.45, 2.75) is 168 Å². The minimum Gasteiger partial charge on any atom is -0.310 e. The van der Waals surface area contributed by atoms with E-state index in [0.29, 0.717) is 0 Å². The second kappa shape index (κ2) is 34.5. The maximum Gasteiger partial charge on any atom is 0.0775 e. The maximum absolute atomic E-state index is 2.77. The Morgan fingerprint density at radius 1 is 0.145 bits per heavy atom. The highest BCUT2D eigenvalue weighted by Gasteiger charge is 2.66. The van der Waals surface area contributed by atoms with Crippen LogP contribution < -0.4 is 61.1 Å². The van der Waals surface area contributed by atoms with Crippen molar-refractivity contribution in [3.8, 4) is 22.3 Å². The summed E-state index contributed by atoms with van der Waals surface area (Å²) >= 11 is 0. The minimum absolute atomic E-state index is 1.11. The minimum atomic E-state index is -1.83. The predicted molar refractivity (Wildman–Crippen MR) is 629 cm³/mol. The second-order valence-electron chi connectivity index (χ2n) is 47.4. The van der Waals surface area contributed by atoms with Gasteiger partial charge in [-0.2, -0.15) is 0 Å².